The molecule has 26 heavy (non-hydrogen) atoms. The number of amides is 1. The van der Waals surface area contributed by atoms with Crippen LogP contribution >= 0.6 is 11.3 Å². The highest BCUT2D eigenvalue weighted by Crippen LogP contribution is 2.31. The number of thiazole rings is 1. The highest BCUT2D eigenvalue weighted by Gasteiger charge is 2.26. The van der Waals surface area contributed by atoms with Gasteiger partial charge in [-0.05, 0) is 19.1 Å². The number of piperazine rings is 1. The van der Waals surface area contributed by atoms with Crippen molar-refractivity contribution in [3.8, 4) is 0 Å². The number of rotatable bonds is 2. The van der Waals surface area contributed by atoms with Gasteiger partial charge in [-0.3, -0.25) is 9.48 Å². The zero-order chi connectivity index (χ0) is 18.4. The van der Waals surface area contributed by atoms with E-state index in [1.165, 1.54) is 17.4 Å². The normalized spacial score (nSPS) is 15.1. The molecule has 0 spiro atoms. The van der Waals surface area contributed by atoms with Gasteiger partial charge >= 0.3 is 0 Å². The maximum Gasteiger partial charge on any atom is 0.274 e. The van der Waals surface area contributed by atoms with Crippen LogP contribution in [-0.2, 0) is 7.05 Å². The summed E-state index contributed by atoms with van der Waals surface area (Å²) >= 11 is 1.26. The fourth-order valence-electron chi connectivity index (χ4n) is 3.01. The average molecular weight is 377 g/mol. The molecule has 3 heterocycles. The molecule has 9 heteroatoms. The van der Waals surface area contributed by atoms with Crippen LogP contribution in [-0.4, -0.2) is 51.8 Å². The second-order valence-corrected chi connectivity index (χ2v) is 7.31. The molecule has 3 aromatic rings. The van der Waals surface area contributed by atoms with Crippen molar-refractivity contribution in [3.05, 3.63) is 41.2 Å². The highest BCUT2D eigenvalue weighted by atomic mass is 32.1. The van der Waals surface area contributed by atoms with E-state index in [0.717, 1.165) is 11.8 Å². The summed E-state index contributed by atoms with van der Waals surface area (Å²) in [6.45, 7) is 4.13. The summed E-state index contributed by atoms with van der Waals surface area (Å²) in [4.78, 5) is 20.6. The molecule has 0 N–H and O–H groups in total. The van der Waals surface area contributed by atoms with E-state index in [-0.39, 0.29) is 11.4 Å². The Morgan fingerprint density at radius 3 is 2.54 bits per heavy atom. The van der Waals surface area contributed by atoms with E-state index < -0.39 is 11.6 Å². The van der Waals surface area contributed by atoms with Gasteiger partial charge in [0.2, 0.25) is 0 Å². The van der Waals surface area contributed by atoms with E-state index in [1.54, 1.807) is 22.7 Å². The van der Waals surface area contributed by atoms with Crippen LogP contribution in [0.5, 0.6) is 0 Å². The number of nitrogens with zero attached hydrogens (tertiary/aromatic N) is 5. The van der Waals surface area contributed by atoms with E-state index >= 15 is 0 Å². The molecule has 4 rings (SSSR count). The summed E-state index contributed by atoms with van der Waals surface area (Å²) in [5.74, 6) is -1.35. The van der Waals surface area contributed by atoms with Gasteiger partial charge in [-0.25, -0.2) is 13.8 Å². The van der Waals surface area contributed by atoms with Crippen LogP contribution in [0.15, 0.2) is 18.2 Å². The Bertz CT molecular complexity index is 971. The van der Waals surface area contributed by atoms with Gasteiger partial charge in [-0.15, -0.1) is 0 Å². The number of aryl methyl sites for hydroxylation is 2. The Labute approximate surface area is 152 Å². The van der Waals surface area contributed by atoms with Crippen LogP contribution in [0.1, 0.15) is 16.2 Å². The summed E-state index contributed by atoms with van der Waals surface area (Å²) in [6, 6.07) is 3.92. The third-order valence-electron chi connectivity index (χ3n) is 4.57. The van der Waals surface area contributed by atoms with Gasteiger partial charge in [0.25, 0.3) is 5.91 Å². The van der Waals surface area contributed by atoms with Crippen molar-refractivity contribution in [2.75, 3.05) is 31.1 Å². The molecule has 1 aliphatic rings. The molecule has 1 aliphatic heterocycles. The van der Waals surface area contributed by atoms with Gasteiger partial charge in [-0.1, -0.05) is 11.3 Å². The van der Waals surface area contributed by atoms with E-state index in [0.29, 0.717) is 41.7 Å². The van der Waals surface area contributed by atoms with Gasteiger partial charge in [0.05, 0.1) is 4.70 Å². The third-order valence-corrected chi connectivity index (χ3v) is 5.64. The predicted molar refractivity (Wildman–Crippen MR) is 95.6 cm³/mol. The van der Waals surface area contributed by atoms with Crippen LogP contribution in [0.2, 0.25) is 0 Å². The largest absolute Gasteiger partial charge is 0.345 e. The van der Waals surface area contributed by atoms with Gasteiger partial charge in [0, 0.05) is 45.0 Å². The predicted octanol–water partition coefficient (Wildman–Crippen LogP) is 2.58. The number of hydrogen-bond acceptors (Lipinski definition) is 5. The summed E-state index contributed by atoms with van der Waals surface area (Å²) < 4.78 is 29.4. The van der Waals surface area contributed by atoms with E-state index in [9.17, 15) is 13.6 Å². The molecule has 1 aromatic carbocycles. The van der Waals surface area contributed by atoms with Gasteiger partial charge in [-0.2, -0.15) is 5.10 Å². The molecular weight excluding hydrogens is 360 g/mol. The number of carbonyl (C=O) groups excluding carboxylic acids is 1. The number of hydrogen-bond donors (Lipinski definition) is 0. The molecule has 0 aliphatic carbocycles. The van der Waals surface area contributed by atoms with Crippen LogP contribution < -0.4 is 4.90 Å². The maximum atomic E-state index is 13.8. The molecule has 1 amide bonds. The first-order valence-electron chi connectivity index (χ1n) is 8.23. The second kappa shape index (κ2) is 6.31. The molecule has 136 valence electrons. The number of benzene rings is 1. The SMILES string of the molecule is Cc1cc(C(=O)N2CCN(c3nc4c(F)cc(F)cc4s3)CC2)nn1C. The molecular formula is C17H17F2N5OS. The quantitative estimate of drug-likeness (QED) is 0.689. The third kappa shape index (κ3) is 2.92. The lowest BCUT2D eigenvalue weighted by Crippen LogP contribution is -2.48. The molecule has 0 bridgehead atoms. The minimum Gasteiger partial charge on any atom is -0.345 e. The molecule has 1 saturated heterocycles. The number of fused-ring (bicyclic) bond motifs is 1. The zero-order valence-electron chi connectivity index (χ0n) is 14.4. The molecule has 2 aromatic heterocycles. The van der Waals surface area contributed by atoms with E-state index in [4.69, 9.17) is 0 Å². The van der Waals surface area contributed by atoms with Crippen molar-refractivity contribution in [1.82, 2.24) is 19.7 Å². The Morgan fingerprint density at radius 1 is 1.15 bits per heavy atom. The van der Waals surface area contributed by atoms with Crippen LogP contribution in [0.3, 0.4) is 0 Å². The van der Waals surface area contributed by atoms with Crippen molar-refractivity contribution < 1.29 is 13.6 Å². The van der Waals surface area contributed by atoms with Gasteiger partial charge < -0.3 is 9.80 Å². The van der Waals surface area contributed by atoms with Crippen molar-refractivity contribution in [2.45, 2.75) is 6.92 Å². The van der Waals surface area contributed by atoms with Gasteiger partial charge in [0.1, 0.15) is 11.3 Å². The topological polar surface area (TPSA) is 54.3 Å². The van der Waals surface area contributed by atoms with Crippen molar-refractivity contribution in [1.29, 1.82) is 0 Å². The molecule has 6 nitrogen and oxygen atoms in total. The molecule has 0 radical (unpaired) electrons. The average Bonchev–Trinajstić information content (AvgIpc) is 3.18. The first-order valence-corrected chi connectivity index (χ1v) is 9.04. The number of anilines is 1. The number of halogens is 2. The van der Waals surface area contributed by atoms with E-state index in [2.05, 4.69) is 10.1 Å². The minimum absolute atomic E-state index is 0.0919. The lowest BCUT2D eigenvalue weighted by atomic mass is 10.2. The lowest BCUT2D eigenvalue weighted by Gasteiger charge is -2.34. The minimum atomic E-state index is -0.651. The highest BCUT2D eigenvalue weighted by molar-refractivity contribution is 7.22. The molecule has 0 unspecified atom stereocenters. The number of carbonyl (C=O) groups is 1. The smallest absolute Gasteiger partial charge is 0.274 e. The summed E-state index contributed by atoms with van der Waals surface area (Å²) in [6.07, 6.45) is 0. The summed E-state index contributed by atoms with van der Waals surface area (Å²) in [5, 5.41) is 4.88. The lowest BCUT2D eigenvalue weighted by molar-refractivity contribution is 0.0740. The number of aromatic nitrogens is 3. The fourth-order valence-corrected chi connectivity index (χ4v) is 4.07. The van der Waals surface area contributed by atoms with Crippen LogP contribution in [0.25, 0.3) is 10.2 Å². The molecule has 0 atom stereocenters. The van der Waals surface area contributed by atoms with Crippen molar-refractivity contribution >= 4 is 32.6 Å². The van der Waals surface area contributed by atoms with Crippen LogP contribution in [0.4, 0.5) is 13.9 Å². The van der Waals surface area contributed by atoms with E-state index in [1.807, 2.05) is 11.8 Å². The first-order chi connectivity index (χ1) is 12.4. The summed E-state index contributed by atoms with van der Waals surface area (Å²) in [5.41, 5.74) is 1.56. The van der Waals surface area contributed by atoms with Crippen LogP contribution in [0, 0.1) is 18.6 Å². The monoisotopic (exact) mass is 377 g/mol. The Morgan fingerprint density at radius 2 is 1.88 bits per heavy atom. The fraction of sp³-hybridized carbons (Fsp3) is 0.353. The summed E-state index contributed by atoms with van der Waals surface area (Å²) in [7, 11) is 1.80. The molecule has 1 fully saturated rings. The zero-order valence-corrected chi connectivity index (χ0v) is 15.2. The Hall–Kier alpha value is -2.55. The van der Waals surface area contributed by atoms with Crippen molar-refractivity contribution in [2.24, 2.45) is 7.05 Å². The maximum absolute atomic E-state index is 13.8. The molecule has 0 saturated carbocycles. The first kappa shape index (κ1) is 16.9. The second-order valence-electron chi connectivity index (χ2n) is 6.30. The Balaban J connectivity index is 1.48. The Kier molecular flexibility index (Phi) is 4.10. The standard InChI is InChI=1S/C17H17F2N5OS/c1-10-7-13(21-22(10)2)16(25)23-3-5-24(6-4-23)17-20-15-12(19)8-11(18)9-14(15)26-17/h7-9H,3-6H2,1-2H3. The van der Waals surface area contributed by atoms with Gasteiger partial charge in [0.15, 0.2) is 16.6 Å². The van der Waals surface area contributed by atoms with Crippen molar-refractivity contribution in [3.63, 3.8) is 0 Å².